The fourth-order valence-electron chi connectivity index (χ4n) is 2.63. The molecule has 3 atom stereocenters. The fraction of sp³-hybridized carbons (Fsp3) is 0.462. The minimum atomic E-state index is -3.48. The second-order valence-electron chi connectivity index (χ2n) is 4.94. The third-order valence-electron chi connectivity index (χ3n) is 3.48. The van der Waals surface area contributed by atoms with Crippen LogP contribution in [0.4, 0.5) is 0 Å². The number of carbonyl (C=O) groups is 1. The summed E-state index contributed by atoms with van der Waals surface area (Å²) in [5.74, 6) is -1.32. The average molecular weight is 318 g/mol. The SMILES string of the molecule is CCOC(=O)[C@@]1(N)[C@@H](c2cccc(Cl)c2)[C@@H]1S(C)(=O)=O. The molecule has 0 amide bonds. The zero-order valence-electron chi connectivity index (χ0n) is 11.2. The number of sulfone groups is 1. The van der Waals surface area contributed by atoms with Crippen molar-refractivity contribution in [3.8, 4) is 0 Å². The van der Waals surface area contributed by atoms with Gasteiger partial charge in [0.2, 0.25) is 0 Å². The Bertz CT molecular complexity index is 646. The quantitative estimate of drug-likeness (QED) is 0.841. The van der Waals surface area contributed by atoms with Gasteiger partial charge in [0.05, 0.1) is 11.9 Å². The van der Waals surface area contributed by atoms with Crippen LogP contribution in [0.5, 0.6) is 0 Å². The highest BCUT2D eigenvalue weighted by Gasteiger charge is 2.73. The minimum absolute atomic E-state index is 0.149. The summed E-state index contributed by atoms with van der Waals surface area (Å²) in [5.41, 5.74) is 5.13. The van der Waals surface area contributed by atoms with E-state index >= 15 is 0 Å². The van der Waals surface area contributed by atoms with Gasteiger partial charge in [0.15, 0.2) is 9.84 Å². The molecule has 20 heavy (non-hydrogen) atoms. The van der Waals surface area contributed by atoms with Crippen molar-refractivity contribution >= 4 is 27.4 Å². The van der Waals surface area contributed by atoms with Gasteiger partial charge in [-0.25, -0.2) is 13.2 Å². The van der Waals surface area contributed by atoms with Crippen molar-refractivity contribution in [2.24, 2.45) is 5.73 Å². The highest BCUT2D eigenvalue weighted by Crippen LogP contribution is 2.54. The van der Waals surface area contributed by atoms with Gasteiger partial charge in [-0.15, -0.1) is 0 Å². The van der Waals surface area contributed by atoms with E-state index in [0.717, 1.165) is 6.26 Å². The summed E-state index contributed by atoms with van der Waals surface area (Å²) < 4.78 is 28.6. The van der Waals surface area contributed by atoms with Crippen molar-refractivity contribution in [2.75, 3.05) is 12.9 Å². The number of esters is 1. The van der Waals surface area contributed by atoms with Crippen LogP contribution in [0.1, 0.15) is 18.4 Å². The summed E-state index contributed by atoms with van der Waals surface area (Å²) in [6.45, 7) is 1.80. The van der Waals surface area contributed by atoms with Gasteiger partial charge in [-0.3, -0.25) is 0 Å². The lowest BCUT2D eigenvalue weighted by atomic mass is 10.1. The molecular weight excluding hydrogens is 302 g/mol. The number of halogens is 1. The molecule has 1 aromatic rings. The lowest BCUT2D eigenvalue weighted by Gasteiger charge is -2.10. The molecule has 7 heteroatoms. The fourth-order valence-corrected chi connectivity index (χ4v) is 4.57. The van der Waals surface area contributed by atoms with Crippen LogP contribution in [0.15, 0.2) is 24.3 Å². The van der Waals surface area contributed by atoms with E-state index in [2.05, 4.69) is 0 Å². The van der Waals surface area contributed by atoms with E-state index in [0.29, 0.717) is 10.6 Å². The van der Waals surface area contributed by atoms with E-state index in [1.807, 2.05) is 0 Å². The molecule has 0 saturated heterocycles. The Labute approximate surface area is 123 Å². The summed E-state index contributed by atoms with van der Waals surface area (Å²) in [4.78, 5) is 12.0. The third-order valence-corrected chi connectivity index (χ3v) is 5.30. The Hall–Kier alpha value is -1.11. The molecule has 2 rings (SSSR count). The molecule has 1 aliphatic carbocycles. The molecule has 0 aromatic heterocycles. The van der Waals surface area contributed by atoms with E-state index in [-0.39, 0.29) is 6.61 Å². The van der Waals surface area contributed by atoms with Gasteiger partial charge in [-0.1, -0.05) is 23.7 Å². The smallest absolute Gasteiger partial charge is 0.328 e. The van der Waals surface area contributed by atoms with Crippen LogP contribution in [-0.4, -0.2) is 38.0 Å². The highest BCUT2D eigenvalue weighted by molar-refractivity contribution is 7.91. The lowest BCUT2D eigenvalue weighted by molar-refractivity contribution is -0.145. The first kappa shape index (κ1) is 15.3. The molecule has 0 spiro atoms. The Balaban J connectivity index is 2.44. The van der Waals surface area contributed by atoms with Gasteiger partial charge >= 0.3 is 5.97 Å². The van der Waals surface area contributed by atoms with Crippen LogP contribution in [-0.2, 0) is 19.4 Å². The lowest BCUT2D eigenvalue weighted by Crippen LogP contribution is -2.41. The Morgan fingerprint density at radius 3 is 2.65 bits per heavy atom. The second-order valence-corrected chi connectivity index (χ2v) is 7.54. The number of hydrogen-bond donors (Lipinski definition) is 1. The second kappa shape index (κ2) is 5.02. The standard InChI is InChI=1S/C13H16ClNO4S/c1-3-19-12(16)13(15)10(11(13)20(2,17)18)8-5-4-6-9(14)7-8/h4-7,10-11H,3,15H2,1-2H3/t10-,11-,13+/m0/s1. The van der Waals surface area contributed by atoms with Crippen molar-refractivity contribution in [3.63, 3.8) is 0 Å². The molecule has 0 aliphatic heterocycles. The van der Waals surface area contributed by atoms with Gasteiger partial charge in [0.1, 0.15) is 5.54 Å². The van der Waals surface area contributed by atoms with E-state index in [9.17, 15) is 13.2 Å². The molecular formula is C13H16ClNO4S. The molecule has 2 N–H and O–H groups in total. The van der Waals surface area contributed by atoms with Crippen LogP contribution in [0.3, 0.4) is 0 Å². The molecule has 1 fully saturated rings. The van der Waals surface area contributed by atoms with Crippen molar-refractivity contribution in [1.82, 2.24) is 0 Å². The Kier molecular flexibility index (Phi) is 3.83. The average Bonchev–Trinajstić information content (AvgIpc) is 2.98. The largest absolute Gasteiger partial charge is 0.465 e. The van der Waals surface area contributed by atoms with E-state index in [4.69, 9.17) is 22.1 Å². The molecule has 5 nitrogen and oxygen atoms in total. The van der Waals surface area contributed by atoms with Crippen LogP contribution in [0, 0.1) is 0 Å². The van der Waals surface area contributed by atoms with Gasteiger partial charge in [-0.05, 0) is 24.6 Å². The number of hydrogen-bond acceptors (Lipinski definition) is 5. The Morgan fingerprint density at radius 1 is 1.50 bits per heavy atom. The monoisotopic (exact) mass is 317 g/mol. The topological polar surface area (TPSA) is 86.5 Å². The summed E-state index contributed by atoms with van der Waals surface area (Å²) >= 11 is 5.91. The zero-order chi connectivity index (χ0) is 15.1. The number of carbonyl (C=O) groups excluding carboxylic acids is 1. The molecule has 0 unspecified atom stereocenters. The van der Waals surface area contributed by atoms with Gasteiger partial charge in [-0.2, -0.15) is 0 Å². The Morgan fingerprint density at radius 2 is 2.15 bits per heavy atom. The molecule has 1 aliphatic rings. The maximum absolute atomic E-state index is 12.0. The summed E-state index contributed by atoms with van der Waals surface area (Å²) in [5, 5.41) is -0.514. The van der Waals surface area contributed by atoms with Gasteiger partial charge < -0.3 is 10.5 Å². The van der Waals surface area contributed by atoms with Crippen molar-refractivity contribution in [1.29, 1.82) is 0 Å². The van der Waals surface area contributed by atoms with E-state index < -0.39 is 32.5 Å². The van der Waals surface area contributed by atoms with Gasteiger partial charge in [0, 0.05) is 17.2 Å². The summed E-state index contributed by atoms with van der Waals surface area (Å²) in [6, 6.07) is 6.70. The maximum Gasteiger partial charge on any atom is 0.328 e. The summed E-state index contributed by atoms with van der Waals surface area (Å²) in [6.07, 6.45) is 1.07. The highest BCUT2D eigenvalue weighted by atomic mass is 35.5. The molecule has 0 bridgehead atoms. The van der Waals surface area contributed by atoms with Crippen molar-refractivity contribution < 1.29 is 17.9 Å². The minimum Gasteiger partial charge on any atom is -0.465 e. The molecule has 0 heterocycles. The predicted octanol–water partition coefficient (Wildman–Crippen LogP) is 1.11. The van der Waals surface area contributed by atoms with Crippen molar-refractivity contribution in [2.45, 2.75) is 23.6 Å². The van der Waals surface area contributed by atoms with Crippen LogP contribution in [0.2, 0.25) is 5.02 Å². The number of rotatable bonds is 4. The predicted molar refractivity (Wildman–Crippen MR) is 76.4 cm³/mol. The van der Waals surface area contributed by atoms with E-state index in [1.54, 1.807) is 31.2 Å². The maximum atomic E-state index is 12.0. The molecule has 1 aromatic carbocycles. The normalized spacial score (nSPS) is 29.0. The van der Waals surface area contributed by atoms with Crippen LogP contribution >= 0.6 is 11.6 Å². The number of benzene rings is 1. The van der Waals surface area contributed by atoms with Crippen LogP contribution < -0.4 is 5.73 Å². The zero-order valence-corrected chi connectivity index (χ0v) is 12.7. The van der Waals surface area contributed by atoms with Gasteiger partial charge in [0.25, 0.3) is 0 Å². The van der Waals surface area contributed by atoms with Crippen LogP contribution in [0.25, 0.3) is 0 Å². The first-order valence-corrected chi connectivity index (χ1v) is 8.46. The third kappa shape index (κ3) is 2.43. The first-order chi connectivity index (χ1) is 9.22. The first-order valence-electron chi connectivity index (χ1n) is 6.13. The van der Waals surface area contributed by atoms with Crippen molar-refractivity contribution in [3.05, 3.63) is 34.9 Å². The molecule has 0 radical (unpaired) electrons. The number of ether oxygens (including phenoxy) is 1. The molecule has 110 valence electrons. The molecule has 1 saturated carbocycles. The number of nitrogens with two attached hydrogens (primary N) is 1. The summed E-state index contributed by atoms with van der Waals surface area (Å²) in [7, 11) is -3.48. The van der Waals surface area contributed by atoms with E-state index in [1.165, 1.54) is 0 Å².